The van der Waals surface area contributed by atoms with Gasteiger partial charge in [0.25, 0.3) is 5.56 Å². The fraction of sp³-hybridized carbons (Fsp3) is 0.276. The highest BCUT2D eigenvalue weighted by Crippen LogP contribution is 2.39. The molecular formula is C29H28F2N2O2. The van der Waals surface area contributed by atoms with Crippen molar-refractivity contribution < 1.29 is 13.5 Å². The second-order valence-electron chi connectivity index (χ2n) is 9.54. The van der Waals surface area contributed by atoms with E-state index in [-0.39, 0.29) is 17.2 Å². The van der Waals surface area contributed by atoms with E-state index < -0.39 is 17.2 Å². The van der Waals surface area contributed by atoms with Crippen molar-refractivity contribution in [2.24, 2.45) is 5.73 Å². The second-order valence-corrected chi connectivity index (χ2v) is 9.54. The lowest BCUT2D eigenvalue weighted by Crippen LogP contribution is -2.44. The molecule has 3 N–H and O–H groups in total. The van der Waals surface area contributed by atoms with Crippen LogP contribution in [0.2, 0.25) is 0 Å². The number of hydrogen-bond donors (Lipinski definition) is 2. The van der Waals surface area contributed by atoms with E-state index in [1.807, 2.05) is 37.3 Å². The number of rotatable bonds is 5. The molecule has 1 fully saturated rings. The Balaban J connectivity index is 1.39. The van der Waals surface area contributed by atoms with Crippen LogP contribution in [0, 0.1) is 18.6 Å². The largest absolute Gasteiger partial charge is 0.490 e. The summed E-state index contributed by atoms with van der Waals surface area (Å²) in [7, 11) is 0. The topological polar surface area (TPSA) is 68.1 Å². The summed E-state index contributed by atoms with van der Waals surface area (Å²) in [6, 6.07) is 17.7. The Hall–Kier alpha value is -3.51. The van der Waals surface area contributed by atoms with Gasteiger partial charge in [-0.15, -0.1) is 0 Å². The molecule has 4 nitrogen and oxygen atoms in total. The predicted octanol–water partition coefficient (Wildman–Crippen LogP) is 5.88. The van der Waals surface area contributed by atoms with Crippen LogP contribution in [0.1, 0.15) is 47.9 Å². The number of fused-ring (bicyclic) bond motifs is 1. The van der Waals surface area contributed by atoms with Crippen LogP contribution in [0.25, 0.3) is 10.8 Å². The number of H-pyrrole nitrogens is 1. The average Bonchev–Trinajstić information content (AvgIpc) is 2.84. The first-order valence-corrected chi connectivity index (χ1v) is 11.9. The van der Waals surface area contributed by atoms with Crippen molar-refractivity contribution in [2.45, 2.75) is 50.7 Å². The zero-order chi connectivity index (χ0) is 24.6. The first-order chi connectivity index (χ1) is 16.8. The van der Waals surface area contributed by atoms with Crippen LogP contribution < -0.4 is 16.0 Å². The highest BCUT2D eigenvalue weighted by atomic mass is 19.1. The molecule has 0 bridgehead atoms. The minimum Gasteiger partial charge on any atom is -0.490 e. The van der Waals surface area contributed by atoms with Crippen molar-refractivity contribution >= 4 is 10.8 Å². The molecule has 180 valence electrons. The third kappa shape index (κ3) is 4.58. The molecule has 0 radical (unpaired) electrons. The Bertz CT molecular complexity index is 1400. The molecule has 0 spiro atoms. The van der Waals surface area contributed by atoms with Crippen molar-refractivity contribution in [2.75, 3.05) is 0 Å². The molecule has 5 rings (SSSR count). The van der Waals surface area contributed by atoms with Gasteiger partial charge in [0.1, 0.15) is 17.4 Å². The normalized spacial score (nSPS) is 20.2. The third-order valence-corrected chi connectivity index (χ3v) is 7.10. The van der Waals surface area contributed by atoms with Gasteiger partial charge in [-0.2, -0.15) is 0 Å². The highest BCUT2D eigenvalue weighted by Gasteiger charge is 2.38. The van der Waals surface area contributed by atoms with Crippen LogP contribution in [0.5, 0.6) is 5.75 Å². The Morgan fingerprint density at radius 1 is 1.00 bits per heavy atom. The van der Waals surface area contributed by atoms with Gasteiger partial charge in [-0.3, -0.25) is 4.79 Å². The van der Waals surface area contributed by atoms with Gasteiger partial charge >= 0.3 is 0 Å². The number of halogens is 2. The summed E-state index contributed by atoms with van der Waals surface area (Å²) in [6.07, 6.45) is 4.31. The van der Waals surface area contributed by atoms with Gasteiger partial charge in [0.15, 0.2) is 0 Å². The maximum absolute atomic E-state index is 14.4. The van der Waals surface area contributed by atoms with Gasteiger partial charge in [0, 0.05) is 22.7 Å². The summed E-state index contributed by atoms with van der Waals surface area (Å²) in [4.78, 5) is 15.4. The number of nitrogens with one attached hydrogen (secondary N) is 1. The number of aromatic nitrogens is 1. The summed E-state index contributed by atoms with van der Waals surface area (Å²) in [5.41, 5.74) is 8.28. The number of aromatic amines is 1. The van der Waals surface area contributed by atoms with E-state index in [4.69, 9.17) is 10.5 Å². The molecule has 0 atom stereocenters. The molecule has 6 heteroatoms. The monoisotopic (exact) mass is 474 g/mol. The lowest BCUT2D eigenvalue weighted by molar-refractivity contribution is 0.114. The number of pyridine rings is 1. The fourth-order valence-electron chi connectivity index (χ4n) is 5.17. The van der Waals surface area contributed by atoms with Gasteiger partial charge in [-0.05, 0) is 85.4 Å². The standard InChI is InChI=1S/C29H28F2N2O2/c1-18-14-23-22(20(17-33-28(23)34)15-19-6-3-2-4-7-19)16-26(18)35-21-10-12-29(32,13-11-21)27-24(30)8-5-9-25(27)31/h2-9,14,16-17,21H,10-13,15,32H2,1H3,(H,33,34)/t21-,29-. The Morgan fingerprint density at radius 2 is 1.69 bits per heavy atom. The van der Waals surface area contributed by atoms with E-state index in [1.165, 1.54) is 18.2 Å². The van der Waals surface area contributed by atoms with E-state index in [9.17, 15) is 13.6 Å². The van der Waals surface area contributed by atoms with E-state index in [2.05, 4.69) is 17.1 Å². The molecule has 1 aromatic heterocycles. The summed E-state index contributed by atoms with van der Waals surface area (Å²) < 4.78 is 35.1. The van der Waals surface area contributed by atoms with Crippen LogP contribution in [0.15, 0.2) is 71.7 Å². The molecule has 4 aromatic rings. The Kier molecular flexibility index (Phi) is 6.15. The van der Waals surface area contributed by atoms with Gasteiger partial charge < -0.3 is 15.5 Å². The minimum atomic E-state index is -1.05. The number of ether oxygens (including phenoxy) is 1. The van der Waals surface area contributed by atoms with Gasteiger partial charge in [-0.1, -0.05) is 36.4 Å². The number of benzene rings is 3. The highest BCUT2D eigenvalue weighted by molar-refractivity contribution is 5.87. The molecule has 35 heavy (non-hydrogen) atoms. The molecule has 1 aliphatic carbocycles. The average molecular weight is 475 g/mol. The van der Waals surface area contributed by atoms with E-state index in [1.54, 1.807) is 6.20 Å². The van der Waals surface area contributed by atoms with E-state index in [0.29, 0.717) is 43.2 Å². The van der Waals surface area contributed by atoms with Crippen LogP contribution in [-0.2, 0) is 12.0 Å². The molecule has 3 aromatic carbocycles. The van der Waals surface area contributed by atoms with Crippen molar-refractivity contribution in [3.63, 3.8) is 0 Å². The van der Waals surface area contributed by atoms with E-state index >= 15 is 0 Å². The summed E-state index contributed by atoms with van der Waals surface area (Å²) >= 11 is 0. The Morgan fingerprint density at radius 3 is 2.37 bits per heavy atom. The third-order valence-electron chi connectivity index (χ3n) is 7.10. The lowest BCUT2D eigenvalue weighted by atomic mass is 9.76. The molecule has 0 unspecified atom stereocenters. The van der Waals surface area contributed by atoms with Crippen LogP contribution in [-0.4, -0.2) is 11.1 Å². The smallest absolute Gasteiger partial charge is 0.255 e. The Labute approximate surface area is 202 Å². The molecule has 0 saturated heterocycles. The molecule has 1 saturated carbocycles. The zero-order valence-electron chi connectivity index (χ0n) is 19.6. The van der Waals surface area contributed by atoms with Gasteiger partial charge in [-0.25, -0.2) is 8.78 Å². The van der Waals surface area contributed by atoms with Crippen molar-refractivity contribution in [3.05, 3.63) is 111 Å². The lowest BCUT2D eigenvalue weighted by Gasteiger charge is -2.38. The molecule has 0 amide bonds. The van der Waals surface area contributed by atoms with Crippen LogP contribution in [0.3, 0.4) is 0 Å². The van der Waals surface area contributed by atoms with Gasteiger partial charge in [0.05, 0.1) is 6.10 Å². The van der Waals surface area contributed by atoms with Gasteiger partial charge in [0.2, 0.25) is 0 Å². The summed E-state index contributed by atoms with van der Waals surface area (Å²) in [5, 5.41) is 1.48. The maximum Gasteiger partial charge on any atom is 0.255 e. The fourth-order valence-corrected chi connectivity index (χ4v) is 5.17. The van der Waals surface area contributed by atoms with Crippen LogP contribution in [0.4, 0.5) is 8.78 Å². The second kappa shape index (κ2) is 9.27. The van der Waals surface area contributed by atoms with Crippen molar-refractivity contribution in [3.8, 4) is 5.75 Å². The van der Waals surface area contributed by atoms with Crippen molar-refractivity contribution in [1.29, 1.82) is 0 Å². The first kappa shape index (κ1) is 23.2. The first-order valence-electron chi connectivity index (χ1n) is 11.9. The van der Waals surface area contributed by atoms with E-state index in [0.717, 1.165) is 22.1 Å². The molecule has 1 heterocycles. The molecule has 0 aliphatic heterocycles. The number of hydrogen-bond acceptors (Lipinski definition) is 3. The maximum atomic E-state index is 14.4. The number of nitrogens with two attached hydrogens (primary N) is 1. The zero-order valence-corrected chi connectivity index (χ0v) is 19.6. The minimum absolute atomic E-state index is 0.0369. The SMILES string of the molecule is Cc1cc2c(=O)[nH]cc(Cc3ccccc3)c2cc1O[C@H]1CC[C@@](N)(c2c(F)cccc2F)CC1. The molecular weight excluding hydrogens is 446 g/mol. The summed E-state index contributed by atoms with van der Waals surface area (Å²) in [6.45, 7) is 1.92. The number of aryl methyl sites for hydroxylation is 1. The van der Waals surface area contributed by atoms with Crippen molar-refractivity contribution in [1.82, 2.24) is 4.98 Å². The predicted molar refractivity (Wildman–Crippen MR) is 134 cm³/mol. The van der Waals surface area contributed by atoms with Crippen LogP contribution >= 0.6 is 0 Å². The quantitative estimate of drug-likeness (QED) is 0.380. The molecule has 1 aliphatic rings. The summed E-state index contributed by atoms with van der Waals surface area (Å²) in [5.74, 6) is -0.495.